The Morgan fingerprint density at radius 2 is 1.77 bits per heavy atom. The van der Waals surface area contributed by atoms with E-state index in [9.17, 15) is 4.79 Å². The minimum Gasteiger partial charge on any atom is -0.344 e. The Bertz CT molecular complexity index is 746. The molecule has 1 amide bonds. The van der Waals surface area contributed by atoms with Crippen LogP contribution in [0.5, 0.6) is 0 Å². The molecule has 26 heavy (non-hydrogen) atoms. The first kappa shape index (κ1) is 17.4. The van der Waals surface area contributed by atoms with E-state index in [-0.39, 0.29) is 5.91 Å². The summed E-state index contributed by atoms with van der Waals surface area (Å²) in [6.07, 6.45) is 5.53. The summed E-state index contributed by atoms with van der Waals surface area (Å²) in [5.74, 6) is -0.0623. The van der Waals surface area contributed by atoms with E-state index < -0.39 is 0 Å². The number of carbonyl (C=O) groups excluding carboxylic acids is 1. The van der Waals surface area contributed by atoms with Crippen molar-refractivity contribution in [2.45, 2.75) is 38.6 Å². The van der Waals surface area contributed by atoms with Crippen LogP contribution in [0.3, 0.4) is 0 Å². The highest BCUT2D eigenvalue weighted by atomic mass is 32.1. The molecule has 6 nitrogen and oxygen atoms in total. The number of nitrogens with one attached hydrogen (secondary N) is 1. The molecule has 1 aromatic heterocycles. The van der Waals surface area contributed by atoms with Gasteiger partial charge < -0.3 is 10.2 Å². The zero-order chi connectivity index (χ0) is 17.9. The van der Waals surface area contributed by atoms with Crippen LogP contribution < -0.4 is 10.2 Å². The number of hydrogen-bond acceptors (Lipinski definition) is 6. The molecular weight excluding hydrogens is 346 g/mol. The first-order valence-electron chi connectivity index (χ1n) is 9.39. The van der Waals surface area contributed by atoms with E-state index in [1.165, 1.54) is 32.6 Å². The Morgan fingerprint density at radius 3 is 2.42 bits per heavy atom. The van der Waals surface area contributed by atoms with Gasteiger partial charge in [-0.3, -0.25) is 9.69 Å². The highest BCUT2D eigenvalue weighted by molar-refractivity contribution is 7.18. The van der Waals surface area contributed by atoms with Gasteiger partial charge in [-0.25, -0.2) is 0 Å². The lowest BCUT2D eigenvalue weighted by molar-refractivity contribution is -0.114. The van der Waals surface area contributed by atoms with Crippen molar-refractivity contribution in [2.75, 3.05) is 36.4 Å². The maximum Gasteiger partial charge on any atom is 0.221 e. The van der Waals surface area contributed by atoms with Crippen molar-refractivity contribution in [2.24, 2.45) is 0 Å². The summed E-state index contributed by atoms with van der Waals surface area (Å²) in [6, 6.07) is 8.57. The van der Waals surface area contributed by atoms with Crippen molar-refractivity contribution >= 4 is 28.1 Å². The topological polar surface area (TPSA) is 61.4 Å². The predicted molar refractivity (Wildman–Crippen MR) is 106 cm³/mol. The molecule has 2 aliphatic rings. The molecule has 2 fully saturated rings. The zero-order valence-corrected chi connectivity index (χ0v) is 16.0. The number of piperazine rings is 1. The maximum atomic E-state index is 11.1. The quantitative estimate of drug-likeness (QED) is 0.894. The van der Waals surface area contributed by atoms with Gasteiger partial charge in [0.05, 0.1) is 0 Å². The monoisotopic (exact) mass is 371 g/mol. The summed E-state index contributed by atoms with van der Waals surface area (Å²) in [4.78, 5) is 16.1. The van der Waals surface area contributed by atoms with Gasteiger partial charge >= 0.3 is 0 Å². The second-order valence-corrected chi connectivity index (χ2v) is 8.07. The molecule has 0 unspecified atom stereocenters. The van der Waals surface area contributed by atoms with Gasteiger partial charge in [0.25, 0.3) is 0 Å². The fourth-order valence-electron chi connectivity index (χ4n) is 3.91. The largest absolute Gasteiger partial charge is 0.344 e. The first-order chi connectivity index (χ1) is 12.7. The number of anilines is 2. The van der Waals surface area contributed by atoms with Crippen molar-refractivity contribution < 1.29 is 4.79 Å². The van der Waals surface area contributed by atoms with Gasteiger partial charge in [0.2, 0.25) is 11.0 Å². The smallest absolute Gasteiger partial charge is 0.221 e. The highest BCUT2D eigenvalue weighted by Crippen LogP contribution is 2.31. The lowest BCUT2D eigenvalue weighted by Crippen LogP contribution is -2.49. The Labute approximate surface area is 158 Å². The first-order valence-corrected chi connectivity index (χ1v) is 10.2. The molecule has 4 rings (SSSR count). The minimum absolute atomic E-state index is 0.0623. The van der Waals surface area contributed by atoms with E-state index in [0.29, 0.717) is 0 Å². The molecule has 1 N–H and O–H groups in total. The van der Waals surface area contributed by atoms with Crippen LogP contribution in [0.4, 0.5) is 10.8 Å². The van der Waals surface area contributed by atoms with E-state index in [4.69, 9.17) is 0 Å². The third kappa shape index (κ3) is 3.88. The molecule has 0 bridgehead atoms. The Hall–Kier alpha value is -1.99. The summed E-state index contributed by atoms with van der Waals surface area (Å²) in [6.45, 7) is 5.84. The van der Waals surface area contributed by atoms with Gasteiger partial charge in [-0.05, 0) is 37.1 Å². The van der Waals surface area contributed by atoms with Gasteiger partial charge in [-0.15, -0.1) is 10.2 Å². The molecule has 1 saturated heterocycles. The second-order valence-electron chi connectivity index (χ2n) is 7.11. The second kappa shape index (κ2) is 7.72. The molecule has 1 aliphatic heterocycles. The Morgan fingerprint density at radius 1 is 1.08 bits per heavy atom. The molecule has 7 heteroatoms. The van der Waals surface area contributed by atoms with Crippen molar-refractivity contribution in [3.63, 3.8) is 0 Å². The Kier molecular flexibility index (Phi) is 5.17. The molecular formula is C19H25N5OS. The maximum absolute atomic E-state index is 11.1. The number of hydrogen-bond donors (Lipinski definition) is 1. The van der Waals surface area contributed by atoms with Crippen LogP contribution in [0, 0.1) is 0 Å². The van der Waals surface area contributed by atoms with E-state index in [1.54, 1.807) is 11.3 Å². The van der Waals surface area contributed by atoms with Crippen LogP contribution in [-0.2, 0) is 4.79 Å². The summed E-state index contributed by atoms with van der Waals surface area (Å²) in [7, 11) is 0. The van der Waals surface area contributed by atoms with Crippen molar-refractivity contribution in [3.05, 3.63) is 24.3 Å². The molecule has 2 heterocycles. The Balaban J connectivity index is 1.38. The molecule has 0 spiro atoms. The van der Waals surface area contributed by atoms with Crippen molar-refractivity contribution in [1.82, 2.24) is 15.1 Å². The fraction of sp³-hybridized carbons (Fsp3) is 0.526. The van der Waals surface area contributed by atoms with Gasteiger partial charge in [-0.1, -0.05) is 24.2 Å². The molecule has 2 aromatic rings. The number of amides is 1. The van der Waals surface area contributed by atoms with Crippen molar-refractivity contribution in [3.8, 4) is 10.6 Å². The molecule has 0 radical (unpaired) electrons. The summed E-state index contributed by atoms with van der Waals surface area (Å²) in [5, 5.41) is 13.5. The molecule has 1 aromatic carbocycles. The predicted octanol–water partition coefficient (Wildman–Crippen LogP) is 3.23. The fourth-order valence-corrected chi connectivity index (χ4v) is 4.81. The molecule has 1 aliphatic carbocycles. The van der Waals surface area contributed by atoms with Crippen LogP contribution in [0.2, 0.25) is 0 Å². The lowest BCUT2D eigenvalue weighted by Gasteiger charge is -2.37. The third-order valence-corrected chi connectivity index (χ3v) is 6.33. The molecule has 1 saturated carbocycles. The van der Waals surface area contributed by atoms with E-state index in [0.717, 1.165) is 53.6 Å². The number of aromatic nitrogens is 2. The summed E-state index contributed by atoms with van der Waals surface area (Å²) < 4.78 is 0. The van der Waals surface area contributed by atoms with Crippen LogP contribution >= 0.6 is 11.3 Å². The zero-order valence-electron chi connectivity index (χ0n) is 15.1. The minimum atomic E-state index is -0.0623. The normalized spacial score (nSPS) is 19.0. The van der Waals surface area contributed by atoms with Crippen LogP contribution in [-0.4, -0.2) is 53.2 Å². The van der Waals surface area contributed by atoms with E-state index in [2.05, 4.69) is 25.3 Å². The highest BCUT2D eigenvalue weighted by Gasteiger charge is 2.27. The van der Waals surface area contributed by atoms with Crippen LogP contribution in [0.15, 0.2) is 24.3 Å². The lowest BCUT2D eigenvalue weighted by atomic mass is 10.2. The van der Waals surface area contributed by atoms with Gasteiger partial charge in [0.15, 0.2) is 0 Å². The number of carbonyl (C=O) groups is 1. The number of benzene rings is 1. The van der Waals surface area contributed by atoms with Crippen molar-refractivity contribution in [1.29, 1.82) is 0 Å². The van der Waals surface area contributed by atoms with E-state index >= 15 is 0 Å². The van der Waals surface area contributed by atoms with Crippen LogP contribution in [0.1, 0.15) is 32.6 Å². The summed E-state index contributed by atoms with van der Waals surface area (Å²) >= 11 is 1.64. The van der Waals surface area contributed by atoms with E-state index in [1.807, 2.05) is 24.3 Å². The third-order valence-electron chi connectivity index (χ3n) is 5.29. The molecule has 0 atom stereocenters. The average molecular weight is 372 g/mol. The van der Waals surface area contributed by atoms with Crippen LogP contribution in [0.25, 0.3) is 10.6 Å². The standard InChI is InChI=1S/C19H25N5OS/c1-14(25)20-16-8-6-15(7-9-16)18-21-22-19(26-18)24-12-10-23(11-13-24)17-4-2-3-5-17/h6-9,17H,2-5,10-13H2,1H3,(H,20,25). The summed E-state index contributed by atoms with van der Waals surface area (Å²) in [5.41, 5.74) is 1.83. The number of nitrogens with zero attached hydrogens (tertiary/aromatic N) is 4. The van der Waals surface area contributed by atoms with Gasteiger partial charge in [-0.2, -0.15) is 0 Å². The average Bonchev–Trinajstić information content (AvgIpc) is 3.34. The number of rotatable bonds is 4. The van der Waals surface area contributed by atoms with Gasteiger partial charge in [0.1, 0.15) is 5.01 Å². The molecule has 138 valence electrons. The SMILES string of the molecule is CC(=O)Nc1ccc(-c2nnc(N3CCN(C4CCCC4)CC3)s2)cc1. The van der Waals surface area contributed by atoms with Gasteiger partial charge in [0, 0.05) is 50.4 Å².